The zero-order valence-electron chi connectivity index (χ0n) is 26.3. The van der Waals surface area contributed by atoms with Gasteiger partial charge in [0.1, 0.15) is 12.1 Å². The number of carbonyl (C=O) groups excluding carboxylic acids is 3. The van der Waals surface area contributed by atoms with E-state index in [1.54, 1.807) is 6.20 Å². The molecule has 2 saturated carbocycles. The average Bonchev–Trinajstić information content (AvgIpc) is 3.79. The smallest absolute Gasteiger partial charge is 0.360 e. The van der Waals surface area contributed by atoms with E-state index in [1.807, 2.05) is 30.3 Å². The van der Waals surface area contributed by atoms with Crippen LogP contribution in [0, 0.1) is 11.8 Å². The maximum Gasteiger partial charge on any atom is 0.360 e. The number of aromatic amines is 1. The largest absolute Gasteiger partial charge is 0.379 e. The van der Waals surface area contributed by atoms with Gasteiger partial charge in [-0.15, -0.1) is 0 Å². The summed E-state index contributed by atoms with van der Waals surface area (Å²) < 4.78 is 23.4. The molecule has 0 aliphatic heterocycles. The van der Waals surface area contributed by atoms with E-state index in [-0.39, 0.29) is 30.6 Å². The number of hydrogen-bond donors (Lipinski definition) is 5. The summed E-state index contributed by atoms with van der Waals surface area (Å²) in [6.07, 6.45) is 12.4. The molecule has 248 valence electrons. The van der Waals surface area contributed by atoms with Crippen molar-refractivity contribution in [2.45, 2.75) is 101 Å². The summed E-state index contributed by atoms with van der Waals surface area (Å²) in [6, 6.07) is 6.42. The first-order chi connectivity index (χ1) is 21.7. The highest BCUT2D eigenvalue weighted by Crippen LogP contribution is 2.52. The van der Waals surface area contributed by atoms with Gasteiger partial charge in [0.2, 0.25) is 17.7 Å². The molecular weight excluding hydrogens is 597 g/mol. The van der Waals surface area contributed by atoms with E-state index >= 15 is 0 Å². The molecule has 13 heteroatoms. The summed E-state index contributed by atoms with van der Waals surface area (Å²) in [7, 11) is -1.57. The molecule has 2 fully saturated rings. The van der Waals surface area contributed by atoms with Gasteiger partial charge in [-0.2, -0.15) is 0 Å². The van der Waals surface area contributed by atoms with E-state index in [2.05, 4.69) is 25.9 Å². The van der Waals surface area contributed by atoms with Gasteiger partial charge in [0.25, 0.3) is 0 Å². The second-order valence-electron chi connectivity index (χ2n) is 12.2. The Morgan fingerprint density at radius 3 is 2.16 bits per heavy atom. The molecule has 1 aromatic carbocycles. The molecule has 2 aromatic rings. The molecule has 0 spiro atoms. The molecule has 2 aliphatic carbocycles. The number of aliphatic hydroxyl groups is 1. The lowest BCUT2D eigenvalue weighted by molar-refractivity contribution is -0.133. The van der Waals surface area contributed by atoms with Crippen molar-refractivity contribution >= 4 is 25.3 Å². The number of aliphatic hydroxyl groups excluding tert-OH is 1. The minimum Gasteiger partial charge on any atom is -0.379 e. The summed E-state index contributed by atoms with van der Waals surface area (Å²) in [5.74, 6) is -2.80. The number of hydrogen-bond acceptors (Lipinski definition) is 8. The fourth-order valence-electron chi connectivity index (χ4n) is 6.46. The van der Waals surface area contributed by atoms with Crippen molar-refractivity contribution in [2.24, 2.45) is 11.8 Å². The Hall–Kier alpha value is -3.05. The molecule has 1 aromatic heterocycles. The third kappa shape index (κ3) is 9.97. The van der Waals surface area contributed by atoms with Crippen LogP contribution < -0.4 is 16.0 Å². The molecule has 5 N–H and O–H groups in total. The van der Waals surface area contributed by atoms with Crippen LogP contribution in [-0.2, 0) is 40.8 Å². The van der Waals surface area contributed by atoms with Gasteiger partial charge < -0.3 is 35.1 Å². The van der Waals surface area contributed by atoms with Crippen LogP contribution in [0.25, 0.3) is 0 Å². The standard InChI is InChI=1S/C32H48N5O7P/c1-43-45(42,44-2)32(41)28(18-23-13-7-4-8-14-23)37-31(40)27(19-25-20-33-21-34-25)36-30(39)26(17-22-11-5-3-6-12-22)35-29(38)24-15-9-10-16-24/h3,5-6,11-12,20-21,23-24,26-28,32,41H,4,7-10,13-19H2,1-2H3,(H,33,34)(H,35,38)(H,36,39)(H,37,40)/t26-,27-,28-,32?/m0/s1. The Balaban J connectivity index is 1.55. The van der Waals surface area contributed by atoms with Crippen LogP contribution in [0.3, 0.4) is 0 Å². The fourth-order valence-corrected chi connectivity index (χ4v) is 7.68. The quantitative estimate of drug-likeness (QED) is 0.172. The van der Waals surface area contributed by atoms with E-state index in [1.165, 1.54) is 20.5 Å². The van der Waals surface area contributed by atoms with Crippen molar-refractivity contribution in [3.05, 3.63) is 54.1 Å². The zero-order chi connectivity index (χ0) is 32.2. The molecule has 3 amide bonds. The Bertz CT molecular complexity index is 1260. The number of rotatable bonds is 16. The van der Waals surface area contributed by atoms with Crippen molar-refractivity contribution < 1.29 is 33.1 Å². The molecule has 4 atom stereocenters. The fraction of sp³-hybridized carbons (Fsp3) is 0.625. The zero-order valence-corrected chi connectivity index (χ0v) is 27.2. The van der Waals surface area contributed by atoms with Crippen LogP contribution in [-0.4, -0.2) is 71.0 Å². The highest BCUT2D eigenvalue weighted by molar-refractivity contribution is 7.54. The van der Waals surface area contributed by atoms with E-state index in [4.69, 9.17) is 9.05 Å². The monoisotopic (exact) mass is 645 g/mol. The lowest BCUT2D eigenvalue weighted by Gasteiger charge is -2.33. The van der Waals surface area contributed by atoms with Crippen LogP contribution in [0.1, 0.15) is 75.5 Å². The van der Waals surface area contributed by atoms with Gasteiger partial charge in [0.05, 0.1) is 18.1 Å². The van der Waals surface area contributed by atoms with Gasteiger partial charge in [-0.25, -0.2) is 4.98 Å². The summed E-state index contributed by atoms with van der Waals surface area (Å²) in [5, 5.41) is 19.9. The topological polar surface area (TPSA) is 172 Å². The molecule has 45 heavy (non-hydrogen) atoms. The van der Waals surface area contributed by atoms with E-state index in [0.717, 1.165) is 63.4 Å². The van der Waals surface area contributed by atoms with Gasteiger partial charge in [0, 0.05) is 39.2 Å². The molecule has 12 nitrogen and oxygen atoms in total. The number of nitrogens with one attached hydrogen (secondary N) is 4. The second kappa shape index (κ2) is 17.0. The highest BCUT2D eigenvalue weighted by Gasteiger charge is 2.41. The summed E-state index contributed by atoms with van der Waals surface area (Å²) in [6.45, 7) is 0. The SMILES string of the molecule is COP(=O)(OC)C(O)[C@H](CC1CCCCC1)NC(=O)[C@H](Cc1c[nH]cn1)NC(=O)[C@H](Cc1ccccc1)NC(=O)C1CCCC1. The van der Waals surface area contributed by atoms with Crippen LogP contribution in [0.15, 0.2) is 42.9 Å². The maximum atomic E-state index is 13.9. The third-order valence-electron chi connectivity index (χ3n) is 9.08. The van der Waals surface area contributed by atoms with E-state index in [0.29, 0.717) is 12.1 Å². The molecule has 0 bridgehead atoms. The van der Waals surface area contributed by atoms with Gasteiger partial charge in [-0.05, 0) is 30.7 Å². The lowest BCUT2D eigenvalue weighted by Crippen LogP contribution is -2.57. The molecule has 4 rings (SSSR count). The molecular formula is C32H48N5O7P. The molecule has 2 aliphatic rings. The first-order valence-electron chi connectivity index (χ1n) is 16.0. The first kappa shape index (κ1) is 34.8. The number of H-pyrrole nitrogens is 1. The summed E-state index contributed by atoms with van der Waals surface area (Å²) >= 11 is 0. The van der Waals surface area contributed by atoms with Crippen LogP contribution in [0.4, 0.5) is 0 Å². The Morgan fingerprint density at radius 2 is 1.53 bits per heavy atom. The highest BCUT2D eigenvalue weighted by atomic mass is 31.2. The number of carbonyl (C=O) groups is 3. The number of aromatic nitrogens is 2. The van der Waals surface area contributed by atoms with Crippen molar-refractivity contribution in [1.29, 1.82) is 0 Å². The van der Waals surface area contributed by atoms with E-state index in [9.17, 15) is 24.1 Å². The summed E-state index contributed by atoms with van der Waals surface area (Å²) in [4.78, 5) is 48.0. The number of nitrogens with zero attached hydrogens (tertiary/aromatic N) is 1. The molecule has 1 heterocycles. The number of benzene rings is 1. The van der Waals surface area contributed by atoms with Crippen LogP contribution >= 0.6 is 7.60 Å². The third-order valence-corrected chi connectivity index (χ3v) is 11.1. The van der Waals surface area contributed by atoms with Crippen molar-refractivity contribution in [3.8, 4) is 0 Å². The van der Waals surface area contributed by atoms with Gasteiger partial charge >= 0.3 is 7.60 Å². The van der Waals surface area contributed by atoms with Crippen LogP contribution in [0.5, 0.6) is 0 Å². The minimum absolute atomic E-state index is 0.0498. The average molecular weight is 646 g/mol. The van der Waals surface area contributed by atoms with Crippen molar-refractivity contribution in [1.82, 2.24) is 25.9 Å². The van der Waals surface area contributed by atoms with Crippen molar-refractivity contribution in [2.75, 3.05) is 14.2 Å². The van der Waals surface area contributed by atoms with Gasteiger partial charge in [-0.1, -0.05) is 75.3 Å². The second-order valence-corrected chi connectivity index (χ2v) is 14.6. The maximum absolute atomic E-state index is 13.9. The molecule has 1 unspecified atom stereocenters. The predicted octanol–water partition coefficient (Wildman–Crippen LogP) is 3.61. The number of imidazole rings is 1. The summed E-state index contributed by atoms with van der Waals surface area (Å²) in [5.41, 5.74) is 1.40. The molecule has 0 saturated heterocycles. The molecule has 0 radical (unpaired) electrons. The Labute approximate surface area is 265 Å². The predicted molar refractivity (Wildman–Crippen MR) is 169 cm³/mol. The van der Waals surface area contributed by atoms with Crippen LogP contribution in [0.2, 0.25) is 0 Å². The van der Waals surface area contributed by atoms with Crippen molar-refractivity contribution in [3.63, 3.8) is 0 Å². The van der Waals surface area contributed by atoms with E-state index < -0.39 is 43.4 Å². The first-order valence-corrected chi connectivity index (χ1v) is 17.7. The Morgan fingerprint density at radius 1 is 0.911 bits per heavy atom. The van der Waals surface area contributed by atoms with Gasteiger partial charge in [-0.3, -0.25) is 18.9 Å². The lowest BCUT2D eigenvalue weighted by atomic mass is 9.85. The van der Waals surface area contributed by atoms with Gasteiger partial charge in [0.15, 0.2) is 5.85 Å². The minimum atomic E-state index is -3.96. The number of amides is 3. The Kier molecular flexibility index (Phi) is 13.2. The normalized spacial score (nSPS) is 18.9.